The van der Waals surface area contributed by atoms with Gasteiger partial charge < -0.3 is 19.7 Å². The van der Waals surface area contributed by atoms with Crippen molar-refractivity contribution >= 4 is 11.9 Å². The Labute approximate surface area is 218 Å². The number of ether oxygens (including phenoxy) is 2. The van der Waals surface area contributed by atoms with E-state index in [9.17, 15) is 19.8 Å². The molecule has 1 aromatic carbocycles. The minimum Gasteiger partial charge on any atom is -0.455 e. The van der Waals surface area contributed by atoms with E-state index < -0.39 is 22.4 Å². The summed E-state index contributed by atoms with van der Waals surface area (Å²) in [5.41, 5.74) is -1.13. The van der Waals surface area contributed by atoms with Crippen molar-refractivity contribution in [3.05, 3.63) is 35.4 Å². The number of unbranched alkanes of at least 4 members (excludes halogenated alkanes) is 4. The zero-order valence-corrected chi connectivity index (χ0v) is 23.9. The number of rotatable bonds is 16. The molecule has 1 aromatic rings. The third-order valence-electron chi connectivity index (χ3n) is 6.35. The molecule has 6 nitrogen and oxygen atoms in total. The van der Waals surface area contributed by atoms with Crippen LogP contribution in [0.1, 0.15) is 131 Å². The highest BCUT2D eigenvalue weighted by Gasteiger charge is 2.28. The van der Waals surface area contributed by atoms with E-state index in [2.05, 4.69) is 0 Å². The number of esters is 2. The van der Waals surface area contributed by atoms with Gasteiger partial charge in [0, 0.05) is 12.8 Å². The summed E-state index contributed by atoms with van der Waals surface area (Å²) in [6.07, 6.45) is 7.14. The van der Waals surface area contributed by atoms with E-state index in [4.69, 9.17) is 9.47 Å². The second-order valence-electron chi connectivity index (χ2n) is 12.3. The molecule has 0 unspecified atom stereocenters. The van der Waals surface area contributed by atoms with Gasteiger partial charge in [-0.25, -0.2) is 0 Å². The Bertz CT molecular complexity index is 740. The van der Waals surface area contributed by atoms with Crippen LogP contribution in [0.15, 0.2) is 24.3 Å². The van der Waals surface area contributed by atoms with E-state index in [0.29, 0.717) is 25.7 Å². The van der Waals surface area contributed by atoms with Crippen molar-refractivity contribution in [2.75, 3.05) is 0 Å². The van der Waals surface area contributed by atoms with Crippen molar-refractivity contribution in [1.29, 1.82) is 0 Å². The van der Waals surface area contributed by atoms with Crippen LogP contribution in [0.4, 0.5) is 0 Å². The molecule has 0 fully saturated rings. The molecule has 0 aromatic heterocycles. The molecule has 0 amide bonds. The second kappa shape index (κ2) is 13.6. The van der Waals surface area contributed by atoms with Gasteiger partial charge in [0.15, 0.2) is 0 Å². The summed E-state index contributed by atoms with van der Waals surface area (Å²) in [6.45, 7) is 14.7. The summed E-state index contributed by atoms with van der Waals surface area (Å²) in [6, 6.07) is 7.66. The molecule has 0 aliphatic heterocycles. The zero-order chi connectivity index (χ0) is 27.6. The van der Waals surface area contributed by atoms with Gasteiger partial charge in [-0.05, 0) is 92.2 Å². The Hall–Kier alpha value is -1.92. The largest absolute Gasteiger partial charge is 0.455 e. The monoisotopic (exact) mass is 506 g/mol. The molecule has 1 rings (SSSR count). The molecule has 0 heterocycles. The van der Waals surface area contributed by atoms with Crippen molar-refractivity contribution in [3.63, 3.8) is 0 Å². The highest BCUT2D eigenvalue weighted by molar-refractivity contribution is 5.70. The molecule has 36 heavy (non-hydrogen) atoms. The lowest BCUT2D eigenvalue weighted by Crippen LogP contribution is -2.27. The van der Waals surface area contributed by atoms with Crippen molar-refractivity contribution in [2.24, 2.45) is 0 Å². The SMILES string of the molecule is CC(C)(O)CCCCCC(=O)OC(C)(C)c1ccc(C(C)(C)OC(=O)CCCCCC(C)(C)O)cc1. The van der Waals surface area contributed by atoms with E-state index in [1.165, 1.54) is 0 Å². The number of benzene rings is 1. The molecule has 0 aliphatic rings. The topological polar surface area (TPSA) is 93.1 Å². The molecule has 0 bridgehead atoms. The minimum absolute atomic E-state index is 0.232. The van der Waals surface area contributed by atoms with Gasteiger partial charge in [-0.2, -0.15) is 0 Å². The van der Waals surface area contributed by atoms with Crippen LogP contribution in [0.5, 0.6) is 0 Å². The molecule has 0 saturated heterocycles. The fourth-order valence-electron chi connectivity index (χ4n) is 4.07. The maximum Gasteiger partial charge on any atom is 0.306 e. The lowest BCUT2D eigenvalue weighted by atomic mass is 9.92. The highest BCUT2D eigenvalue weighted by atomic mass is 16.6. The van der Waals surface area contributed by atoms with Crippen molar-refractivity contribution in [2.45, 2.75) is 142 Å². The quantitative estimate of drug-likeness (QED) is 0.192. The van der Waals surface area contributed by atoms with Gasteiger partial charge in [0.05, 0.1) is 11.2 Å². The Morgan fingerprint density at radius 2 is 0.889 bits per heavy atom. The first kappa shape index (κ1) is 32.1. The number of carbonyl (C=O) groups excluding carboxylic acids is 2. The van der Waals surface area contributed by atoms with Gasteiger partial charge in [-0.3, -0.25) is 9.59 Å². The van der Waals surface area contributed by atoms with Crippen LogP contribution in [-0.2, 0) is 30.3 Å². The van der Waals surface area contributed by atoms with Gasteiger partial charge >= 0.3 is 11.9 Å². The predicted molar refractivity (Wildman–Crippen MR) is 143 cm³/mol. The van der Waals surface area contributed by atoms with Gasteiger partial charge in [0.25, 0.3) is 0 Å². The van der Waals surface area contributed by atoms with Crippen LogP contribution in [0, 0.1) is 0 Å². The highest BCUT2D eigenvalue weighted by Crippen LogP contribution is 2.30. The Balaban J connectivity index is 2.54. The molecule has 0 radical (unpaired) electrons. The molecule has 0 atom stereocenters. The molecule has 0 spiro atoms. The second-order valence-corrected chi connectivity index (χ2v) is 12.3. The first-order valence-electron chi connectivity index (χ1n) is 13.4. The molecular formula is C30H50O6. The van der Waals surface area contributed by atoms with Gasteiger partial charge in [0.2, 0.25) is 0 Å². The molecule has 2 N–H and O–H groups in total. The minimum atomic E-state index is -0.771. The summed E-state index contributed by atoms with van der Waals surface area (Å²) < 4.78 is 11.5. The van der Waals surface area contributed by atoms with Crippen LogP contribution in [0.2, 0.25) is 0 Å². The van der Waals surface area contributed by atoms with Gasteiger partial charge in [-0.15, -0.1) is 0 Å². The van der Waals surface area contributed by atoms with Crippen LogP contribution in [-0.4, -0.2) is 33.4 Å². The van der Waals surface area contributed by atoms with Crippen LogP contribution < -0.4 is 0 Å². The van der Waals surface area contributed by atoms with E-state index in [1.807, 2.05) is 52.0 Å². The van der Waals surface area contributed by atoms with Crippen LogP contribution >= 0.6 is 0 Å². The lowest BCUT2D eigenvalue weighted by molar-refractivity contribution is -0.159. The third kappa shape index (κ3) is 13.4. The maximum atomic E-state index is 12.4. The number of hydrogen-bond acceptors (Lipinski definition) is 6. The van der Waals surface area contributed by atoms with E-state index in [-0.39, 0.29) is 11.9 Å². The molecule has 6 heteroatoms. The van der Waals surface area contributed by atoms with Gasteiger partial charge in [-0.1, -0.05) is 49.9 Å². The van der Waals surface area contributed by atoms with Crippen LogP contribution in [0.25, 0.3) is 0 Å². The number of aliphatic hydroxyl groups is 2. The standard InChI is InChI=1S/C30H50O6/c1-27(2,33)21-13-9-11-15-25(31)35-29(5,6)23-17-19-24(20-18-23)30(7,8)36-26(32)16-12-10-14-22-28(3,4)34/h17-20,33-34H,9-16,21-22H2,1-8H3. The Morgan fingerprint density at radius 1 is 0.583 bits per heavy atom. The lowest BCUT2D eigenvalue weighted by Gasteiger charge is -2.29. The fourth-order valence-corrected chi connectivity index (χ4v) is 4.07. The van der Waals surface area contributed by atoms with Crippen LogP contribution in [0.3, 0.4) is 0 Å². The Morgan fingerprint density at radius 3 is 1.17 bits per heavy atom. The first-order chi connectivity index (χ1) is 16.4. The summed E-state index contributed by atoms with van der Waals surface area (Å²) in [5.74, 6) is -0.465. The average Bonchev–Trinajstić information content (AvgIpc) is 2.71. The van der Waals surface area contributed by atoms with E-state index in [1.54, 1.807) is 27.7 Å². The van der Waals surface area contributed by atoms with Crippen molar-refractivity contribution < 1.29 is 29.3 Å². The molecule has 0 aliphatic carbocycles. The smallest absolute Gasteiger partial charge is 0.306 e. The van der Waals surface area contributed by atoms with E-state index in [0.717, 1.165) is 49.7 Å². The summed E-state index contributed by atoms with van der Waals surface area (Å²) in [4.78, 5) is 24.7. The van der Waals surface area contributed by atoms with E-state index >= 15 is 0 Å². The van der Waals surface area contributed by atoms with Gasteiger partial charge in [0.1, 0.15) is 11.2 Å². The average molecular weight is 507 g/mol. The predicted octanol–water partition coefficient (Wildman–Crippen LogP) is 6.69. The van der Waals surface area contributed by atoms with Crippen molar-refractivity contribution in [3.8, 4) is 0 Å². The first-order valence-corrected chi connectivity index (χ1v) is 13.4. The Kier molecular flexibility index (Phi) is 12.1. The maximum absolute atomic E-state index is 12.4. The number of carbonyl (C=O) groups is 2. The zero-order valence-electron chi connectivity index (χ0n) is 23.9. The molecule has 206 valence electrons. The fraction of sp³-hybridized carbons (Fsp3) is 0.733. The summed E-state index contributed by atoms with van der Waals surface area (Å²) in [7, 11) is 0. The molecular weight excluding hydrogens is 456 g/mol. The third-order valence-corrected chi connectivity index (χ3v) is 6.35. The normalized spacial score (nSPS) is 12.9. The molecule has 0 saturated carbocycles. The van der Waals surface area contributed by atoms with Crippen molar-refractivity contribution in [1.82, 2.24) is 0 Å². The summed E-state index contributed by atoms with van der Waals surface area (Å²) >= 11 is 0. The summed E-state index contributed by atoms with van der Waals surface area (Å²) in [5, 5.41) is 19.5. The number of hydrogen-bond donors (Lipinski definition) is 2.